The topological polar surface area (TPSA) is 12.0 Å². The van der Waals surface area contributed by atoms with Gasteiger partial charge < -0.3 is 5.32 Å². The number of hydrogen-bond donors (Lipinski definition) is 1. The van der Waals surface area contributed by atoms with E-state index >= 15 is 0 Å². The first-order valence-electron chi connectivity index (χ1n) is 5.76. The van der Waals surface area contributed by atoms with Crippen molar-refractivity contribution in [3.05, 3.63) is 34.9 Å². The van der Waals surface area contributed by atoms with Gasteiger partial charge in [0.05, 0.1) is 0 Å². The van der Waals surface area contributed by atoms with E-state index in [-0.39, 0.29) is 0 Å². The molecule has 0 bridgehead atoms. The molecule has 1 aromatic carbocycles. The Balaban J connectivity index is 2.00. The first kappa shape index (κ1) is 8.49. The number of nitrogens with one attached hydrogen (secondary N) is 1. The molecule has 1 heterocycles. The van der Waals surface area contributed by atoms with Crippen LogP contribution in [-0.4, -0.2) is 13.1 Å². The molecular weight excluding hydrogens is 170 g/mol. The molecule has 0 radical (unpaired) electrons. The van der Waals surface area contributed by atoms with Crippen molar-refractivity contribution < 1.29 is 0 Å². The van der Waals surface area contributed by atoms with Crippen molar-refractivity contribution in [2.75, 3.05) is 13.1 Å². The van der Waals surface area contributed by atoms with E-state index < -0.39 is 0 Å². The van der Waals surface area contributed by atoms with Gasteiger partial charge in [0, 0.05) is 6.54 Å². The third-order valence-corrected chi connectivity index (χ3v) is 3.68. The van der Waals surface area contributed by atoms with Crippen molar-refractivity contribution in [1.82, 2.24) is 5.32 Å². The molecule has 1 fully saturated rings. The molecule has 1 saturated heterocycles. The van der Waals surface area contributed by atoms with Crippen LogP contribution >= 0.6 is 0 Å². The summed E-state index contributed by atoms with van der Waals surface area (Å²) >= 11 is 0. The van der Waals surface area contributed by atoms with Crippen LogP contribution in [-0.2, 0) is 12.8 Å². The molecule has 1 heteroatoms. The third-order valence-electron chi connectivity index (χ3n) is 3.68. The molecule has 1 aliphatic heterocycles. The fourth-order valence-corrected chi connectivity index (χ4v) is 2.95. The van der Waals surface area contributed by atoms with Gasteiger partial charge in [-0.3, -0.25) is 0 Å². The molecule has 1 unspecified atom stereocenters. The van der Waals surface area contributed by atoms with Gasteiger partial charge in [0.25, 0.3) is 0 Å². The standard InChI is InChI=1S/C13H17N/c1-3-10-4-2-6-13(12(10)5-1)11-7-8-14-9-11/h2,4,6,11,14H,1,3,5,7-9H2. The summed E-state index contributed by atoms with van der Waals surface area (Å²) in [7, 11) is 0. The average Bonchev–Trinajstić information content (AvgIpc) is 2.88. The zero-order valence-electron chi connectivity index (χ0n) is 8.55. The smallest absolute Gasteiger partial charge is 0.00207 e. The Bertz CT molecular complexity index is 337. The van der Waals surface area contributed by atoms with Crippen LogP contribution in [0.1, 0.15) is 35.4 Å². The molecular formula is C13H17N. The number of fused-ring (bicyclic) bond motifs is 1. The van der Waals surface area contributed by atoms with Crippen LogP contribution in [0.3, 0.4) is 0 Å². The van der Waals surface area contributed by atoms with Gasteiger partial charge in [-0.2, -0.15) is 0 Å². The Morgan fingerprint density at radius 1 is 1.21 bits per heavy atom. The maximum atomic E-state index is 3.46. The average molecular weight is 187 g/mol. The quantitative estimate of drug-likeness (QED) is 0.711. The summed E-state index contributed by atoms with van der Waals surface area (Å²) in [4.78, 5) is 0. The fraction of sp³-hybridized carbons (Fsp3) is 0.538. The lowest BCUT2D eigenvalue weighted by atomic mass is 9.91. The van der Waals surface area contributed by atoms with Crippen molar-refractivity contribution in [3.8, 4) is 0 Å². The van der Waals surface area contributed by atoms with Crippen molar-refractivity contribution in [3.63, 3.8) is 0 Å². The van der Waals surface area contributed by atoms with E-state index in [1.165, 1.54) is 38.8 Å². The predicted molar refractivity (Wildman–Crippen MR) is 58.7 cm³/mol. The Morgan fingerprint density at radius 3 is 3.07 bits per heavy atom. The van der Waals surface area contributed by atoms with Gasteiger partial charge in [-0.25, -0.2) is 0 Å². The number of aryl methyl sites for hydroxylation is 1. The number of benzene rings is 1. The molecule has 0 spiro atoms. The molecule has 1 atom stereocenters. The summed E-state index contributed by atoms with van der Waals surface area (Å²) in [6.45, 7) is 2.39. The second-order valence-corrected chi connectivity index (χ2v) is 4.53. The molecule has 0 saturated carbocycles. The molecule has 2 aliphatic rings. The zero-order chi connectivity index (χ0) is 9.38. The second kappa shape index (κ2) is 3.39. The minimum Gasteiger partial charge on any atom is -0.316 e. The first-order valence-corrected chi connectivity index (χ1v) is 5.76. The molecule has 14 heavy (non-hydrogen) atoms. The van der Waals surface area contributed by atoms with Crippen LogP contribution in [0.15, 0.2) is 18.2 Å². The molecule has 0 aromatic heterocycles. The third kappa shape index (κ3) is 1.27. The maximum absolute atomic E-state index is 3.46. The van der Waals surface area contributed by atoms with Gasteiger partial charge in [-0.15, -0.1) is 0 Å². The van der Waals surface area contributed by atoms with Gasteiger partial charge in [0.15, 0.2) is 0 Å². The highest BCUT2D eigenvalue weighted by Crippen LogP contribution is 2.32. The summed E-state index contributed by atoms with van der Waals surface area (Å²) < 4.78 is 0. The minimum absolute atomic E-state index is 0.794. The summed E-state index contributed by atoms with van der Waals surface area (Å²) in [5, 5.41) is 3.46. The molecule has 74 valence electrons. The SMILES string of the molecule is c1cc2c(c(C3CCNC3)c1)CCC2. The Labute approximate surface area is 85.5 Å². The van der Waals surface area contributed by atoms with E-state index in [1.54, 1.807) is 16.7 Å². The normalized spacial score (nSPS) is 25.3. The largest absolute Gasteiger partial charge is 0.316 e. The monoisotopic (exact) mass is 187 g/mol. The minimum atomic E-state index is 0.794. The van der Waals surface area contributed by atoms with Crippen LogP contribution in [0.2, 0.25) is 0 Å². The molecule has 0 amide bonds. The van der Waals surface area contributed by atoms with Crippen molar-refractivity contribution in [2.45, 2.75) is 31.6 Å². The lowest BCUT2D eigenvalue weighted by Crippen LogP contribution is -2.09. The highest BCUT2D eigenvalue weighted by Gasteiger charge is 2.22. The Kier molecular flexibility index (Phi) is 2.06. The summed E-state index contributed by atoms with van der Waals surface area (Å²) in [5.74, 6) is 0.794. The van der Waals surface area contributed by atoms with Crippen LogP contribution in [0.25, 0.3) is 0 Å². The summed E-state index contributed by atoms with van der Waals surface area (Å²) in [5.41, 5.74) is 4.94. The lowest BCUT2D eigenvalue weighted by molar-refractivity contribution is 0.751. The molecule has 3 rings (SSSR count). The second-order valence-electron chi connectivity index (χ2n) is 4.53. The van der Waals surface area contributed by atoms with E-state index in [0.29, 0.717) is 0 Å². The lowest BCUT2D eigenvalue weighted by Gasteiger charge is -2.13. The van der Waals surface area contributed by atoms with E-state index in [2.05, 4.69) is 23.5 Å². The van der Waals surface area contributed by atoms with E-state index in [1.807, 2.05) is 0 Å². The summed E-state index contributed by atoms with van der Waals surface area (Å²) in [6.07, 6.45) is 5.33. The predicted octanol–water partition coefficient (Wildman–Crippen LogP) is 2.25. The highest BCUT2D eigenvalue weighted by atomic mass is 14.9. The Morgan fingerprint density at radius 2 is 2.21 bits per heavy atom. The number of hydrogen-bond acceptors (Lipinski definition) is 1. The van der Waals surface area contributed by atoms with Crippen molar-refractivity contribution >= 4 is 0 Å². The van der Waals surface area contributed by atoms with Gasteiger partial charge in [-0.1, -0.05) is 18.2 Å². The van der Waals surface area contributed by atoms with Gasteiger partial charge in [-0.05, 0) is 54.8 Å². The molecule has 1 nitrogen and oxygen atoms in total. The van der Waals surface area contributed by atoms with Crippen LogP contribution in [0, 0.1) is 0 Å². The van der Waals surface area contributed by atoms with E-state index in [4.69, 9.17) is 0 Å². The van der Waals surface area contributed by atoms with Crippen LogP contribution in [0.5, 0.6) is 0 Å². The van der Waals surface area contributed by atoms with Crippen molar-refractivity contribution in [2.24, 2.45) is 0 Å². The van der Waals surface area contributed by atoms with Gasteiger partial charge in [0.1, 0.15) is 0 Å². The number of rotatable bonds is 1. The Hall–Kier alpha value is -0.820. The zero-order valence-corrected chi connectivity index (χ0v) is 8.55. The van der Waals surface area contributed by atoms with Crippen LogP contribution < -0.4 is 5.32 Å². The van der Waals surface area contributed by atoms with Crippen LogP contribution in [0.4, 0.5) is 0 Å². The highest BCUT2D eigenvalue weighted by molar-refractivity contribution is 5.41. The van der Waals surface area contributed by atoms with E-state index in [0.717, 1.165) is 5.92 Å². The molecule has 1 aromatic rings. The fourth-order valence-electron chi connectivity index (χ4n) is 2.95. The van der Waals surface area contributed by atoms with E-state index in [9.17, 15) is 0 Å². The van der Waals surface area contributed by atoms with Gasteiger partial charge >= 0.3 is 0 Å². The van der Waals surface area contributed by atoms with Gasteiger partial charge in [0.2, 0.25) is 0 Å². The maximum Gasteiger partial charge on any atom is 0.00207 e. The van der Waals surface area contributed by atoms with Crippen molar-refractivity contribution in [1.29, 1.82) is 0 Å². The first-order chi connectivity index (χ1) is 6.95. The summed E-state index contributed by atoms with van der Waals surface area (Å²) in [6, 6.07) is 6.91. The molecule has 1 aliphatic carbocycles. The molecule has 1 N–H and O–H groups in total.